The zero-order valence-electron chi connectivity index (χ0n) is 17.5. The predicted octanol–water partition coefficient (Wildman–Crippen LogP) is 6.16. The van der Waals surface area contributed by atoms with Gasteiger partial charge in [-0.05, 0) is 30.4 Å². The van der Waals surface area contributed by atoms with Gasteiger partial charge in [0.1, 0.15) is 10.5 Å². The van der Waals surface area contributed by atoms with Crippen molar-refractivity contribution in [2.24, 2.45) is 5.11 Å². The highest BCUT2D eigenvalue weighted by Gasteiger charge is 2.20. The first-order valence-electron chi connectivity index (χ1n) is 10.6. The predicted molar refractivity (Wildman–Crippen MR) is 120 cm³/mol. The average Bonchev–Trinajstić information content (AvgIpc) is 3.13. The second-order valence-corrected chi connectivity index (χ2v) is 8.50. The Morgan fingerprint density at radius 2 is 1.75 bits per heavy atom. The molecule has 156 valence electrons. The third-order valence-corrected chi connectivity index (χ3v) is 6.18. The molecule has 1 aromatic carbocycles. The molecule has 1 aromatic heterocycles. The molecule has 0 unspecified atom stereocenters. The molecule has 0 aliphatic heterocycles. The number of anilines is 1. The summed E-state index contributed by atoms with van der Waals surface area (Å²) in [5, 5.41) is 5.44. The van der Waals surface area contributed by atoms with Crippen LogP contribution >= 0.6 is 22.9 Å². The standard InChI is InChI=1S/C21H33ClN4OS/c1-4-7-10-11-14-27-20-16(25-23)15-17-19(18(20)22)24-21(28-17)26(12-8-5-2)13-9-6-3/h15,23H,4-14H2,1-3H3/p+1. The molecule has 2 aromatic rings. The van der Waals surface area contributed by atoms with Gasteiger partial charge in [-0.1, -0.05) is 75.8 Å². The van der Waals surface area contributed by atoms with Crippen LogP contribution < -0.4 is 15.2 Å². The van der Waals surface area contributed by atoms with E-state index in [9.17, 15) is 0 Å². The molecular weight excluding hydrogens is 392 g/mol. The van der Waals surface area contributed by atoms with Crippen LogP contribution in [0.2, 0.25) is 5.02 Å². The van der Waals surface area contributed by atoms with Crippen molar-refractivity contribution in [3.63, 3.8) is 0 Å². The Labute approximate surface area is 177 Å². The van der Waals surface area contributed by atoms with Gasteiger partial charge < -0.3 is 9.64 Å². The van der Waals surface area contributed by atoms with Gasteiger partial charge in [0, 0.05) is 13.1 Å². The molecule has 0 spiro atoms. The summed E-state index contributed by atoms with van der Waals surface area (Å²) in [6, 6.07) is 1.95. The summed E-state index contributed by atoms with van der Waals surface area (Å²) in [4.78, 5) is 7.24. The van der Waals surface area contributed by atoms with E-state index in [1.165, 1.54) is 25.7 Å². The second-order valence-electron chi connectivity index (χ2n) is 7.11. The Kier molecular flexibility index (Phi) is 9.99. The molecule has 2 rings (SSSR count). The summed E-state index contributed by atoms with van der Waals surface area (Å²) in [6.45, 7) is 9.27. The van der Waals surface area contributed by atoms with Crippen molar-refractivity contribution >= 4 is 44.0 Å². The summed E-state index contributed by atoms with van der Waals surface area (Å²) in [7, 11) is 0. The van der Waals surface area contributed by atoms with E-state index >= 15 is 0 Å². The minimum absolute atomic E-state index is 0.519. The van der Waals surface area contributed by atoms with Gasteiger partial charge in [-0.25, -0.2) is 4.98 Å². The van der Waals surface area contributed by atoms with Crippen LogP contribution in [0.4, 0.5) is 10.8 Å². The number of halogens is 1. The molecule has 0 radical (unpaired) electrons. The molecule has 28 heavy (non-hydrogen) atoms. The van der Waals surface area contributed by atoms with E-state index in [1.54, 1.807) is 11.3 Å². The number of rotatable bonds is 14. The molecule has 2 N–H and O–H groups in total. The van der Waals surface area contributed by atoms with E-state index in [0.717, 1.165) is 54.1 Å². The van der Waals surface area contributed by atoms with Crippen molar-refractivity contribution < 1.29 is 10.3 Å². The fourth-order valence-electron chi connectivity index (χ4n) is 3.06. The summed E-state index contributed by atoms with van der Waals surface area (Å²) in [5.41, 5.74) is 7.00. The smallest absolute Gasteiger partial charge is 0.186 e. The van der Waals surface area contributed by atoms with Gasteiger partial charge in [-0.3, -0.25) is 0 Å². The fraction of sp³-hybridized carbons (Fsp3) is 0.667. The van der Waals surface area contributed by atoms with Gasteiger partial charge in [0.15, 0.2) is 16.6 Å². The Morgan fingerprint density at radius 3 is 2.36 bits per heavy atom. The number of ether oxygens (including phenoxy) is 1. The van der Waals surface area contributed by atoms with Crippen molar-refractivity contribution in [2.75, 3.05) is 24.6 Å². The molecule has 0 saturated carbocycles. The maximum Gasteiger partial charge on any atom is 0.186 e. The zero-order chi connectivity index (χ0) is 20.4. The van der Waals surface area contributed by atoms with Crippen LogP contribution in [0, 0.1) is 0 Å². The number of benzene rings is 1. The number of hydrogen-bond acceptors (Lipinski definition) is 5. The quantitative estimate of drug-likeness (QED) is 0.291. The first kappa shape index (κ1) is 22.9. The van der Waals surface area contributed by atoms with Gasteiger partial charge in [0.25, 0.3) is 0 Å². The van der Waals surface area contributed by atoms with E-state index in [0.29, 0.717) is 23.1 Å². The number of nitrogens with zero attached hydrogens (tertiary/aromatic N) is 3. The van der Waals surface area contributed by atoms with Crippen molar-refractivity contribution in [2.45, 2.75) is 72.1 Å². The van der Waals surface area contributed by atoms with Crippen LogP contribution in [-0.2, 0) is 0 Å². The Hall–Kier alpha value is -1.40. The van der Waals surface area contributed by atoms with Crippen LogP contribution in [0.1, 0.15) is 72.1 Å². The highest BCUT2D eigenvalue weighted by atomic mass is 35.5. The third kappa shape index (κ3) is 6.05. The maximum absolute atomic E-state index is 6.68. The monoisotopic (exact) mass is 425 g/mol. The molecule has 0 aliphatic rings. The van der Waals surface area contributed by atoms with Gasteiger partial charge in [0.05, 0.1) is 11.3 Å². The second kappa shape index (κ2) is 12.2. The highest BCUT2D eigenvalue weighted by molar-refractivity contribution is 7.22. The van der Waals surface area contributed by atoms with Crippen LogP contribution in [0.15, 0.2) is 11.2 Å². The van der Waals surface area contributed by atoms with Gasteiger partial charge in [-0.2, -0.15) is 5.53 Å². The summed E-state index contributed by atoms with van der Waals surface area (Å²) in [6.07, 6.45) is 9.20. The van der Waals surface area contributed by atoms with Crippen molar-refractivity contribution in [3.8, 4) is 5.75 Å². The zero-order valence-corrected chi connectivity index (χ0v) is 19.0. The first-order valence-corrected chi connectivity index (χ1v) is 11.8. The summed E-state index contributed by atoms with van der Waals surface area (Å²) < 4.78 is 6.96. The Morgan fingerprint density at radius 1 is 1.07 bits per heavy atom. The van der Waals surface area contributed by atoms with Crippen molar-refractivity contribution in [1.29, 1.82) is 0 Å². The van der Waals surface area contributed by atoms with E-state index in [4.69, 9.17) is 26.9 Å². The number of unbranched alkanes of at least 4 members (excludes halogenated alkanes) is 5. The lowest BCUT2D eigenvalue weighted by molar-refractivity contribution is -0.210. The van der Waals surface area contributed by atoms with E-state index in [2.05, 4.69) is 30.8 Å². The maximum atomic E-state index is 6.68. The van der Waals surface area contributed by atoms with Gasteiger partial charge >= 0.3 is 0 Å². The molecule has 0 amide bonds. The topological polar surface area (TPSA) is 63.3 Å². The fourth-order valence-corrected chi connectivity index (χ4v) is 4.47. The molecule has 1 heterocycles. The number of aromatic nitrogens is 1. The van der Waals surface area contributed by atoms with E-state index in [1.807, 2.05) is 6.07 Å². The molecule has 0 bridgehead atoms. The number of nitrogens with two attached hydrogens (primary N) is 1. The summed E-state index contributed by atoms with van der Waals surface area (Å²) >= 11 is 8.33. The van der Waals surface area contributed by atoms with Crippen molar-refractivity contribution in [3.05, 3.63) is 11.1 Å². The summed E-state index contributed by atoms with van der Waals surface area (Å²) in [5.74, 6) is 0.554. The van der Waals surface area contributed by atoms with Crippen molar-refractivity contribution in [1.82, 2.24) is 4.98 Å². The highest BCUT2D eigenvalue weighted by Crippen LogP contribution is 2.44. The number of hydrogen-bond donors (Lipinski definition) is 1. The largest absolute Gasteiger partial charge is 0.489 e. The molecule has 0 aliphatic carbocycles. The van der Waals surface area contributed by atoms with Gasteiger partial charge in [0.2, 0.25) is 0 Å². The number of thiazole rings is 1. The number of fused-ring (bicyclic) bond motifs is 1. The molecule has 0 atom stereocenters. The lowest BCUT2D eigenvalue weighted by atomic mass is 10.2. The molecule has 5 nitrogen and oxygen atoms in total. The average molecular weight is 426 g/mol. The van der Waals surface area contributed by atoms with Crippen LogP contribution in [-0.4, -0.2) is 24.7 Å². The van der Waals surface area contributed by atoms with E-state index in [-0.39, 0.29) is 0 Å². The lowest BCUT2D eigenvalue weighted by Gasteiger charge is -2.21. The molecule has 0 saturated heterocycles. The molecular formula is C21H34ClN4OS+. The van der Waals surface area contributed by atoms with Gasteiger partial charge in [-0.15, -0.1) is 0 Å². The van der Waals surface area contributed by atoms with Crippen LogP contribution in [0.5, 0.6) is 5.75 Å². The Bertz CT molecular complexity index is 742. The minimum atomic E-state index is 0.519. The van der Waals surface area contributed by atoms with Crippen LogP contribution in [0.3, 0.4) is 0 Å². The Balaban J connectivity index is 2.27. The SMILES string of the molecule is CCCCCCOc1c(N=[NH2+])cc2sc(N(CCCC)CCCC)nc2c1Cl. The molecule has 0 fully saturated rings. The molecule has 7 heteroatoms. The first-order chi connectivity index (χ1) is 13.7. The normalized spacial score (nSPS) is 11.1. The third-order valence-electron chi connectivity index (χ3n) is 4.77. The lowest BCUT2D eigenvalue weighted by Crippen LogP contribution is -2.25. The van der Waals surface area contributed by atoms with Crippen LogP contribution in [0.25, 0.3) is 10.2 Å². The minimum Gasteiger partial charge on any atom is -0.489 e. The van der Waals surface area contributed by atoms with E-state index < -0.39 is 0 Å².